The summed E-state index contributed by atoms with van der Waals surface area (Å²) in [5.41, 5.74) is 7.49. The Morgan fingerprint density at radius 3 is 2.52 bits per heavy atom. The number of hydrogen-bond donors (Lipinski definition) is 2. The van der Waals surface area contributed by atoms with E-state index in [9.17, 15) is 0 Å². The lowest BCUT2D eigenvalue weighted by Gasteiger charge is -2.30. The van der Waals surface area contributed by atoms with Gasteiger partial charge in [-0.2, -0.15) is 0 Å². The molecule has 2 aromatic rings. The summed E-state index contributed by atoms with van der Waals surface area (Å²) in [5, 5.41) is 4.38. The smallest absolute Gasteiger partial charge is 0.137 e. The van der Waals surface area contributed by atoms with Crippen LogP contribution in [-0.4, -0.2) is 40.0 Å². The summed E-state index contributed by atoms with van der Waals surface area (Å²) in [6, 6.07) is 6.76. The maximum absolute atomic E-state index is 5.86. The Bertz CT molecular complexity index is 586. The van der Waals surface area contributed by atoms with E-state index in [1.165, 1.54) is 0 Å². The molecule has 0 unspecified atom stereocenters. The molecule has 2 rings (SSSR count). The molecule has 0 fully saturated rings. The summed E-state index contributed by atoms with van der Waals surface area (Å²) >= 11 is 0. The first-order chi connectivity index (χ1) is 9.99. The second-order valence-electron chi connectivity index (χ2n) is 5.85. The zero-order valence-electron chi connectivity index (χ0n) is 13.3. The Labute approximate surface area is 126 Å². The van der Waals surface area contributed by atoms with Crippen molar-refractivity contribution in [1.82, 2.24) is 14.9 Å². The van der Waals surface area contributed by atoms with Gasteiger partial charge in [-0.25, -0.2) is 9.97 Å². The molecule has 5 heteroatoms. The first-order valence-corrected chi connectivity index (χ1v) is 7.49. The van der Waals surface area contributed by atoms with Crippen molar-refractivity contribution in [3.05, 3.63) is 24.5 Å². The molecule has 0 saturated carbocycles. The van der Waals surface area contributed by atoms with Gasteiger partial charge in [0.15, 0.2) is 0 Å². The van der Waals surface area contributed by atoms with Gasteiger partial charge in [-0.1, -0.05) is 0 Å². The van der Waals surface area contributed by atoms with E-state index in [0.29, 0.717) is 12.1 Å². The molecule has 0 aliphatic carbocycles. The van der Waals surface area contributed by atoms with Crippen LogP contribution in [0.1, 0.15) is 27.7 Å². The van der Waals surface area contributed by atoms with E-state index in [4.69, 9.17) is 5.73 Å². The number of nitrogens with two attached hydrogens (primary N) is 1. The molecule has 0 atom stereocenters. The lowest BCUT2D eigenvalue weighted by molar-refractivity contribution is 0.182. The van der Waals surface area contributed by atoms with Crippen molar-refractivity contribution in [2.75, 3.05) is 24.1 Å². The number of nitrogens with zero attached hydrogens (tertiary/aromatic N) is 3. The molecule has 0 saturated heterocycles. The maximum atomic E-state index is 5.86. The van der Waals surface area contributed by atoms with Gasteiger partial charge in [0.2, 0.25) is 0 Å². The first-order valence-electron chi connectivity index (χ1n) is 7.49. The molecule has 5 nitrogen and oxygen atoms in total. The van der Waals surface area contributed by atoms with E-state index < -0.39 is 0 Å². The van der Waals surface area contributed by atoms with E-state index >= 15 is 0 Å². The van der Waals surface area contributed by atoms with E-state index in [1.807, 2.05) is 18.2 Å². The van der Waals surface area contributed by atoms with E-state index in [-0.39, 0.29) is 0 Å². The van der Waals surface area contributed by atoms with Crippen molar-refractivity contribution in [3.8, 4) is 0 Å². The standard InChI is InChI=1S/C16H25N5/c1-11(2)21(12(3)4)8-7-18-16-14-9-13(17)5-6-15(14)19-10-20-16/h5-6,9-12H,7-8,17H2,1-4H3,(H,18,19,20). The molecule has 1 aromatic heterocycles. The maximum Gasteiger partial charge on any atom is 0.137 e. The molecule has 1 heterocycles. The predicted octanol–water partition coefficient (Wildman–Crippen LogP) is 2.74. The molecule has 0 bridgehead atoms. The van der Waals surface area contributed by atoms with Crippen LogP contribution < -0.4 is 11.1 Å². The highest BCUT2D eigenvalue weighted by Gasteiger charge is 2.12. The SMILES string of the molecule is CC(C)N(CCNc1ncnc2ccc(N)cc12)C(C)C. The molecule has 3 N–H and O–H groups in total. The van der Waals surface area contributed by atoms with Crippen LogP contribution in [0.2, 0.25) is 0 Å². The molecule has 0 radical (unpaired) electrons. The molecule has 1 aromatic carbocycles. The van der Waals surface area contributed by atoms with Gasteiger partial charge in [0.25, 0.3) is 0 Å². The van der Waals surface area contributed by atoms with E-state index in [0.717, 1.165) is 35.5 Å². The fourth-order valence-corrected chi connectivity index (χ4v) is 2.63. The Kier molecular flexibility index (Phi) is 4.96. The summed E-state index contributed by atoms with van der Waals surface area (Å²) in [4.78, 5) is 11.1. The average Bonchev–Trinajstić information content (AvgIpc) is 2.42. The van der Waals surface area contributed by atoms with Crippen LogP contribution in [0.15, 0.2) is 24.5 Å². The Morgan fingerprint density at radius 2 is 1.86 bits per heavy atom. The number of anilines is 2. The number of fused-ring (bicyclic) bond motifs is 1. The van der Waals surface area contributed by atoms with Crippen LogP contribution in [0, 0.1) is 0 Å². The largest absolute Gasteiger partial charge is 0.399 e. The minimum Gasteiger partial charge on any atom is -0.399 e. The van der Waals surface area contributed by atoms with E-state index in [2.05, 4.69) is 47.9 Å². The van der Waals surface area contributed by atoms with Crippen LogP contribution >= 0.6 is 0 Å². The minimum atomic E-state index is 0.532. The summed E-state index contributed by atoms with van der Waals surface area (Å²) in [6.07, 6.45) is 1.59. The quantitative estimate of drug-likeness (QED) is 0.800. The second kappa shape index (κ2) is 6.72. The zero-order chi connectivity index (χ0) is 15.4. The Morgan fingerprint density at radius 1 is 1.14 bits per heavy atom. The third-order valence-corrected chi connectivity index (χ3v) is 3.65. The Hall–Kier alpha value is -1.88. The van der Waals surface area contributed by atoms with Crippen molar-refractivity contribution in [1.29, 1.82) is 0 Å². The monoisotopic (exact) mass is 287 g/mol. The summed E-state index contributed by atoms with van der Waals surface area (Å²) in [6.45, 7) is 10.7. The molecule has 0 aliphatic heterocycles. The molecular weight excluding hydrogens is 262 g/mol. The average molecular weight is 287 g/mol. The third kappa shape index (κ3) is 3.82. The lowest BCUT2D eigenvalue weighted by Crippen LogP contribution is -2.40. The van der Waals surface area contributed by atoms with Crippen molar-refractivity contribution < 1.29 is 0 Å². The number of rotatable bonds is 6. The van der Waals surface area contributed by atoms with Crippen molar-refractivity contribution >= 4 is 22.4 Å². The highest BCUT2D eigenvalue weighted by Crippen LogP contribution is 2.21. The topological polar surface area (TPSA) is 67.1 Å². The van der Waals surface area contributed by atoms with Crippen molar-refractivity contribution in [2.45, 2.75) is 39.8 Å². The van der Waals surface area contributed by atoms with Gasteiger partial charge in [-0.05, 0) is 45.9 Å². The number of nitrogens with one attached hydrogen (secondary N) is 1. The first kappa shape index (κ1) is 15.5. The normalized spacial score (nSPS) is 11.8. The van der Waals surface area contributed by atoms with Crippen LogP contribution in [0.4, 0.5) is 11.5 Å². The second-order valence-corrected chi connectivity index (χ2v) is 5.85. The zero-order valence-corrected chi connectivity index (χ0v) is 13.3. The van der Waals surface area contributed by atoms with Gasteiger partial charge >= 0.3 is 0 Å². The predicted molar refractivity (Wildman–Crippen MR) is 89.4 cm³/mol. The lowest BCUT2D eigenvalue weighted by atomic mass is 10.2. The third-order valence-electron chi connectivity index (χ3n) is 3.65. The highest BCUT2D eigenvalue weighted by atomic mass is 15.2. The van der Waals surface area contributed by atoms with Gasteiger partial charge in [0, 0.05) is 36.2 Å². The van der Waals surface area contributed by atoms with Gasteiger partial charge in [0.1, 0.15) is 12.1 Å². The van der Waals surface area contributed by atoms with Crippen LogP contribution in [0.25, 0.3) is 10.9 Å². The molecule has 0 amide bonds. The fraction of sp³-hybridized carbons (Fsp3) is 0.500. The van der Waals surface area contributed by atoms with Crippen LogP contribution in [0.5, 0.6) is 0 Å². The van der Waals surface area contributed by atoms with Crippen LogP contribution in [-0.2, 0) is 0 Å². The number of aromatic nitrogens is 2. The summed E-state index contributed by atoms with van der Waals surface area (Å²) < 4.78 is 0. The number of hydrogen-bond acceptors (Lipinski definition) is 5. The summed E-state index contributed by atoms with van der Waals surface area (Å²) in [5.74, 6) is 0.847. The number of nitrogen functional groups attached to an aromatic ring is 1. The molecule has 21 heavy (non-hydrogen) atoms. The fourth-order valence-electron chi connectivity index (χ4n) is 2.63. The molecule has 0 spiro atoms. The van der Waals surface area contributed by atoms with E-state index in [1.54, 1.807) is 6.33 Å². The highest BCUT2D eigenvalue weighted by molar-refractivity contribution is 5.91. The minimum absolute atomic E-state index is 0.532. The van der Waals surface area contributed by atoms with Gasteiger partial charge in [0.05, 0.1) is 5.52 Å². The van der Waals surface area contributed by atoms with Crippen molar-refractivity contribution in [2.24, 2.45) is 0 Å². The molecule has 114 valence electrons. The van der Waals surface area contributed by atoms with Gasteiger partial charge < -0.3 is 11.1 Å². The van der Waals surface area contributed by atoms with Crippen molar-refractivity contribution in [3.63, 3.8) is 0 Å². The number of benzene rings is 1. The Balaban J connectivity index is 2.08. The molecular formula is C16H25N5. The van der Waals surface area contributed by atoms with Gasteiger partial charge in [-0.15, -0.1) is 0 Å². The summed E-state index contributed by atoms with van der Waals surface area (Å²) in [7, 11) is 0. The van der Waals surface area contributed by atoms with Crippen LogP contribution in [0.3, 0.4) is 0 Å². The van der Waals surface area contributed by atoms with Gasteiger partial charge in [-0.3, -0.25) is 4.90 Å². The molecule has 0 aliphatic rings.